The second-order valence-corrected chi connectivity index (χ2v) is 5.79. The normalized spacial score (nSPS) is 22.6. The van der Waals surface area contributed by atoms with E-state index in [4.69, 9.17) is 4.74 Å². The summed E-state index contributed by atoms with van der Waals surface area (Å²) in [5, 5.41) is 3.37. The van der Waals surface area contributed by atoms with Gasteiger partial charge >= 0.3 is 0 Å². The molecule has 0 aliphatic carbocycles. The summed E-state index contributed by atoms with van der Waals surface area (Å²) >= 11 is 0. The summed E-state index contributed by atoms with van der Waals surface area (Å²) in [5.41, 5.74) is 2.30. The van der Waals surface area contributed by atoms with E-state index in [-0.39, 0.29) is 11.8 Å². The summed E-state index contributed by atoms with van der Waals surface area (Å²) in [6.07, 6.45) is 2.86. The highest BCUT2D eigenvalue weighted by Crippen LogP contribution is 2.41. The lowest BCUT2D eigenvalue weighted by Crippen LogP contribution is -2.45. The molecule has 3 rings (SSSR count). The Morgan fingerprint density at radius 3 is 2.81 bits per heavy atom. The Balaban J connectivity index is 1.83. The van der Waals surface area contributed by atoms with E-state index in [1.807, 2.05) is 19.1 Å². The van der Waals surface area contributed by atoms with Crippen LogP contribution in [0.15, 0.2) is 24.3 Å². The first-order valence-corrected chi connectivity index (χ1v) is 8.03. The number of carbonyl (C=O) groups is 1. The Morgan fingerprint density at radius 1 is 1.29 bits per heavy atom. The zero-order chi connectivity index (χ0) is 14.7. The fourth-order valence-corrected chi connectivity index (χ4v) is 3.49. The number of amides is 1. The summed E-state index contributed by atoms with van der Waals surface area (Å²) < 4.78 is 5.46. The molecule has 2 aliphatic heterocycles. The molecule has 1 unspecified atom stereocenters. The number of nitrogens with one attached hydrogen (secondary N) is 1. The Kier molecular flexibility index (Phi) is 4.56. The topological polar surface area (TPSA) is 41.6 Å². The molecule has 4 nitrogen and oxygen atoms in total. The second kappa shape index (κ2) is 6.58. The van der Waals surface area contributed by atoms with E-state index in [9.17, 15) is 4.79 Å². The number of hydrogen-bond acceptors (Lipinski definition) is 3. The highest BCUT2D eigenvalue weighted by Gasteiger charge is 2.40. The summed E-state index contributed by atoms with van der Waals surface area (Å²) in [6, 6.07) is 8.61. The molecule has 0 radical (unpaired) electrons. The van der Waals surface area contributed by atoms with E-state index in [1.54, 1.807) is 0 Å². The summed E-state index contributed by atoms with van der Waals surface area (Å²) in [5.74, 6) is 0.241. The van der Waals surface area contributed by atoms with Gasteiger partial charge in [-0.25, -0.2) is 0 Å². The standard InChI is InChI=1S/C17H24N2O2/c1-2-21-12-9-15-14-5-3-4-6-16(14)19(17(15)20)13-7-10-18-11-8-13/h3-6,13,15,18H,2,7-12H2,1H3. The second-order valence-electron chi connectivity index (χ2n) is 5.79. The van der Waals surface area contributed by atoms with Crippen LogP contribution in [0.3, 0.4) is 0 Å². The van der Waals surface area contributed by atoms with Crippen LogP contribution in [0.2, 0.25) is 0 Å². The van der Waals surface area contributed by atoms with Crippen molar-refractivity contribution in [3.63, 3.8) is 0 Å². The van der Waals surface area contributed by atoms with Crippen molar-refractivity contribution in [2.45, 2.75) is 38.1 Å². The number of anilines is 1. The molecule has 0 bridgehead atoms. The van der Waals surface area contributed by atoms with Crippen LogP contribution in [0.4, 0.5) is 5.69 Å². The third-order valence-electron chi connectivity index (χ3n) is 4.54. The number of para-hydroxylation sites is 1. The monoisotopic (exact) mass is 288 g/mol. The largest absolute Gasteiger partial charge is 0.382 e. The van der Waals surface area contributed by atoms with Crippen LogP contribution in [0, 0.1) is 0 Å². The van der Waals surface area contributed by atoms with Gasteiger partial charge in [-0.05, 0) is 50.9 Å². The molecule has 1 saturated heterocycles. The molecule has 0 aromatic heterocycles. The summed E-state index contributed by atoms with van der Waals surface area (Å²) in [7, 11) is 0. The predicted molar refractivity (Wildman–Crippen MR) is 83.7 cm³/mol. The van der Waals surface area contributed by atoms with Crippen molar-refractivity contribution in [3.05, 3.63) is 29.8 Å². The van der Waals surface area contributed by atoms with Gasteiger partial charge in [0.1, 0.15) is 0 Å². The molecule has 1 amide bonds. The van der Waals surface area contributed by atoms with Crippen molar-refractivity contribution in [2.75, 3.05) is 31.2 Å². The Hall–Kier alpha value is -1.39. The van der Waals surface area contributed by atoms with E-state index in [0.717, 1.165) is 38.0 Å². The molecule has 21 heavy (non-hydrogen) atoms. The van der Waals surface area contributed by atoms with E-state index in [2.05, 4.69) is 22.3 Å². The summed E-state index contributed by atoms with van der Waals surface area (Å²) in [6.45, 7) is 5.36. The van der Waals surface area contributed by atoms with Gasteiger partial charge in [0.2, 0.25) is 5.91 Å². The van der Waals surface area contributed by atoms with Gasteiger partial charge in [-0.15, -0.1) is 0 Å². The van der Waals surface area contributed by atoms with Crippen LogP contribution < -0.4 is 10.2 Å². The number of carbonyl (C=O) groups excluding carboxylic acids is 1. The molecule has 1 fully saturated rings. The van der Waals surface area contributed by atoms with Gasteiger partial charge in [0.05, 0.1) is 5.92 Å². The van der Waals surface area contributed by atoms with Gasteiger partial charge in [-0.3, -0.25) is 4.79 Å². The van der Waals surface area contributed by atoms with Gasteiger partial charge in [0, 0.05) is 24.9 Å². The number of fused-ring (bicyclic) bond motifs is 1. The van der Waals surface area contributed by atoms with Gasteiger partial charge in [-0.1, -0.05) is 18.2 Å². The van der Waals surface area contributed by atoms with Gasteiger partial charge in [-0.2, -0.15) is 0 Å². The first kappa shape index (κ1) is 14.5. The first-order valence-electron chi connectivity index (χ1n) is 8.03. The fourth-order valence-electron chi connectivity index (χ4n) is 3.49. The van der Waals surface area contributed by atoms with Crippen LogP contribution in [-0.2, 0) is 9.53 Å². The Bertz CT molecular complexity index is 497. The number of nitrogens with zero attached hydrogens (tertiary/aromatic N) is 1. The minimum atomic E-state index is -0.0253. The molecule has 1 atom stereocenters. The maximum Gasteiger partial charge on any atom is 0.234 e. The quantitative estimate of drug-likeness (QED) is 0.845. The highest BCUT2D eigenvalue weighted by atomic mass is 16.5. The molecule has 2 heterocycles. The summed E-state index contributed by atoms with van der Waals surface area (Å²) in [4.78, 5) is 15.0. The third-order valence-corrected chi connectivity index (χ3v) is 4.54. The zero-order valence-corrected chi connectivity index (χ0v) is 12.7. The van der Waals surface area contributed by atoms with E-state index >= 15 is 0 Å². The molecule has 4 heteroatoms. The van der Waals surface area contributed by atoms with Crippen molar-refractivity contribution >= 4 is 11.6 Å². The van der Waals surface area contributed by atoms with Crippen LogP contribution in [0.25, 0.3) is 0 Å². The lowest BCUT2D eigenvalue weighted by Gasteiger charge is -2.32. The minimum Gasteiger partial charge on any atom is -0.382 e. The van der Waals surface area contributed by atoms with Crippen molar-refractivity contribution < 1.29 is 9.53 Å². The van der Waals surface area contributed by atoms with E-state index in [1.165, 1.54) is 5.56 Å². The first-order chi connectivity index (χ1) is 10.3. The lowest BCUT2D eigenvalue weighted by molar-refractivity contribution is -0.120. The number of ether oxygens (including phenoxy) is 1. The van der Waals surface area contributed by atoms with Crippen LogP contribution in [0.5, 0.6) is 0 Å². The number of benzene rings is 1. The molecule has 0 spiro atoms. The molecule has 1 N–H and O–H groups in total. The van der Waals surface area contributed by atoms with Crippen molar-refractivity contribution in [3.8, 4) is 0 Å². The SMILES string of the molecule is CCOCCC1C(=O)N(C2CCNCC2)c2ccccc21. The number of rotatable bonds is 5. The number of piperidine rings is 1. The zero-order valence-electron chi connectivity index (χ0n) is 12.7. The molecule has 1 aromatic rings. The number of hydrogen-bond donors (Lipinski definition) is 1. The third kappa shape index (κ3) is 2.83. The van der Waals surface area contributed by atoms with Crippen molar-refractivity contribution in [1.29, 1.82) is 0 Å². The maximum atomic E-state index is 12.9. The van der Waals surface area contributed by atoms with Gasteiger partial charge < -0.3 is 15.0 Å². The molecule has 0 saturated carbocycles. The van der Waals surface area contributed by atoms with Crippen molar-refractivity contribution in [2.24, 2.45) is 0 Å². The van der Waals surface area contributed by atoms with E-state index < -0.39 is 0 Å². The Labute approximate surface area is 126 Å². The molecule has 114 valence electrons. The highest BCUT2D eigenvalue weighted by molar-refractivity contribution is 6.05. The van der Waals surface area contributed by atoms with E-state index in [0.29, 0.717) is 19.3 Å². The molecular formula is C17H24N2O2. The lowest BCUT2D eigenvalue weighted by atomic mass is 9.98. The van der Waals surface area contributed by atoms with Crippen LogP contribution >= 0.6 is 0 Å². The predicted octanol–water partition coefficient (Wildman–Crippen LogP) is 2.30. The molecule has 1 aromatic carbocycles. The van der Waals surface area contributed by atoms with Gasteiger partial charge in [0.15, 0.2) is 0 Å². The maximum absolute atomic E-state index is 12.9. The minimum absolute atomic E-state index is 0.0253. The smallest absolute Gasteiger partial charge is 0.234 e. The molecule has 2 aliphatic rings. The van der Waals surface area contributed by atoms with Crippen LogP contribution in [-0.4, -0.2) is 38.3 Å². The average Bonchev–Trinajstić information content (AvgIpc) is 2.81. The van der Waals surface area contributed by atoms with Crippen LogP contribution in [0.1, 0.15) is 37.7 Å². The fraction of sp³-hybridized carbons (Fsp3) is 0.588. The van der Waals surface area contributed by atoms with Crippen molar-refractivity contribution in [1.82, 2.24) is 5.32 Å². The van der Waals surface area contributed by atoms with Gasteiger partial charge in [0.25, 0.3) is 0 Å². The average molecular weight is 288 g/mol. The Morgan fingerprint density at radius 2 is 2.05 bits per heavy atom. The molecular weight excluding hydrogens is 264 g/mol.